The molecule has 1 aromatic heterocycles. The molecule has 0 saturated heterocycles. The number of para-hydroxylation sites is 1. The maximum Gasteiger partial charge on any atom is 0.227 e. The molecular weight excluding hydrogens is 422 g/mol. The number of benzene rings is 2. The third kappa shape index (κ3) is 6.37. The van der Waals surface area contributed by atoms with E-state index < -0.39 is 0 Å². The quantitative estimate of drug-likeness (QED) is 0.315. The first-order valence-electron chi connectivity index (χ1n) is 12.5. The van der Waals surface area contributed by atoms with Gasteiger partial charge in [0.1, 0.15) is 5.75 Å². The predicted molar refractivity (Wildman–Crippen MR) is 138 cm³/mol. The molecule has 180 valence electrons. The van der Waals surface area contributed by atoms with Crippen molar-refractivity contribution in [3.63, 3.8) is 0 Å². The van der Waals surface area contributed by atoms with E-state index in [4.69, 9.17) is 9.84 Å². The Labute approximate surface area is 203 Å². The molecule has 1 unspecified atom stereocenters. The smallest absolute Gasteiger partial charge is 0.227 e. The molecule has 34 heavy (non-hydrogen) atoms. The first kappa shape index (κ1) is 24.2. The number of hydrogen-bond acceptors (Lipinski definition) is 4. The third-order valence-corrected chi connectivity index (χ3v) is 6.36. The van der Waals surface area contributed by atoms with Gasteiger partial charge in [0.2, 0.25) is 5.88 Å². The zero-order valence-electron chi connectivity index (χ0n) is 20.5. The van der Waals surface area contributed by atoms with Crippen molar-refractivity contribution in [2.24, 2.45) is 5.92 Å². The fourth-order valence-corrected chi connectivity index (χ4v) is 4.28. The molecule has 0 amide bonds. The molecule has 1 heterocycles. The topological polar surface area (TPSA) is 50.5 Å². The number of rotatable bonds is 13. The summed E-state index contributed by atoms with van der Waals surface area (Å²) in [5.74, 6) is 2.28. The number of nitrogens with zero attached hydrogens (tertiary/aromatic N) is 3. The van der Waals surface area contributed by atoms with E-state index in [1.165, 1.54) is 18.4 Å². The molecule has 1 aliphatic carbocycles. The first-order valence-corrected chi connectivity index (χ1v) is 12.5. The van der Waals surface area contributed by atoms with E-state index in [-0.39, 0.29) is 6.10 Å². The number of ether oxygens (including phenoxy) is 1. The molecule has 5 nitrogen and oxygen atoms in total. The van der Waals surface area contributed by atoms with E-state index in [1.54, 1.807) is 0 Å². The lowest BCUT2D eigenvalue weighted by Crippen LogP contribution is -2.34. The van der Waals surface area contributed by atoms with Gasteiger partial charge in [0, 0.05) is 19.6 Å². The van der Waals surface area contributed by atoms with Crippen molar-refractivity contribution in [3.8, 4) is 17.3 Å². The van der Waals surface area contributed by atoms with Crippen molar-refractivity contribution >= 4 is 0 Å². The van der Waals surface area contributed by atoms with Crippen LogP contribution in [0.3, 0.4) is 0 Å². The Kier molecular flexibility index (Phi) is 8.20. The lowest BCUT2D eigenvalue weighted by atomic mass is 10.1. The summed E-state index contributed by atoms with van der Waals surface area (Å²) in [6.45, 7) is 10.4. The van der Waals surface area contributed by atoms with Crippen molar-refractivity contribution in [1.29, 1.82) is 0 Å². The zero-order chi connectivity index (χ0) is 23.9. The van der Waals surface area contributed by atoms with E-state index in [2.05, 4.69) is 49.6 Å². The van der Waals surface area contributed by atoms with Crippen molar-refractivity contribution in [2.75, 3.05) is 13.1 Å². The van der Waals surface area contributed by atoms with Crippen LogP contribution in [0.25, 0.3) is 5.69 Å². The minimum atomic E-state index is -0.368. The van der Waals surface area contributed by atoms with E-state index in [0.29, 0.717) is 13.1 Å². The van der Waals surface area contributed by atoms with Crippen LogP contribution < -0.4 is 4.74 Å². The Morgan fingerprint density at radius 1 is 1.18 bits per heavy atom. The lowest BCUT2D eigenvalue weighted by Gasteiger charge is -2.25. The Balaban J connectivity index is 1.69. The van der Waals surface area contributed by atoms with Crippen molar-refractivity contribution in [2.45, 2.75) is 58.6 Å². The second kappa shape index (κ2) is 11.5. The number of aliphatic hydroxyl groups is 1. The van der Waals surface area contributed by atoms with Crippen LogP contribution in [-0.2, 0) is 13.0 Å². The summed E-state index contributed by atoms with van der Waals surface area (Å²) in [5, 5.41) is 15.6. The highest BCUT2D eigenvalue weighted by Gasteiger charge is 2.28. The van der Waals surface area contributed by atoms with E-state index in [0.717, 1.165) is 60.3 Å². The van der Waals surface area contributed by atoms with Gasteiger partial charge in [0.15, 0.2) is 0 Å². The van der Waals surface area contributed by atoms with Crippen LogP contribution in [-0.4, -0.2) is 39.0 Å². The summed E-state index contributed by atoms with van der Waals surface area (Å²) in [5.41, 5.74) is 4.31. The highest BCUT2D eigenvalue weighted by Crippen LogP contribution is 2.34. The van der Waals surface area contributed by atoms with Crippen LogP contribution in [0.5, 0.6) is 11.6 Å². The molecule has 1 N–H and O–H groups in total. The summed E-state index contributed by atoms with van der Waals surface area (Å²) in [4.78, 5) is 2.39. The van der Waals surface area contributed by atoms with Gasteiger partial charge in [0.25, 0.3) is 0 Å². The molecule has 1 saturated carbocycles. The maximum absolute atomic E-state index is 10.7. The molecule has 0 spiro atoms. The molecule has 0 bridgehead atoms. The minimum Gasteiger partial charge on any atom is -0.439 e. The number of allylic oxidation sites excluding steroid dienone is 1. The Morgan fingerprint density at radius 2 is 1.91 bits per heavy atom. The van der Waals surface area contributed by atoms with Gasteiger partial charge >= 0.3 is 0 Å². The minimum absolute atomic E-state index is 0.368. The van der Waals surface area contributed by atoms with Crippen LogP contribution in [0.1, 0.15) is 49.4 Å². The van der Waals surface area contributed by atoms with Gasteiger partial charge in [-0.3, -0.25) is 4.90 Å². The Bertz CT molecular complexity index is 1050. The van der Waals surface area contributed by atoms with E-state index in [9.17, 15) is 5.11 Å². The molecule has 1 aliphatic rings. The molecule has 0 aliphatic heterocycles. The lowest BCUT2D eigenvalue weighted by molar-refractivity contribution is 0.0990. The highest BCUT2D eigenvalue weighted by atomic mass is 16.5. The summed E-state index contributed by atoms with van der Waals surface area (Å²) >= 11 is 0. The van der Waals surface area contributed by atoms with E-state index in [1.807, 2.05) is 41.1 Å². The summed E-state index contributed by atoms with van der Waals surface area (Å²) in [7, 11) is 0. The van der Waals surface area contributed by atoms with Crippen LogP contribution >= 0.6 is 0 Å². The number of aryl methyl sites for hydroxylation is 2. The van der Waals surface area contributed by atoms with Gasteiger partial charge in [-0.25, -0.2) is 4.68 Å². The monoisotopic (exact) mass is 459 g/mol. The van der Waals surface area contributed by atoms with Gasteiger partial charge in [-0.05, 0) is 69.2 Å². The first-order chi connectivity index (χ1) is 16.6. The Morgan fingerprint density at radius 3 is 2.56 bits per heavy atom. The van der Waals surface area contributed by atoms with Crippen molar-refractivity contribution < 1.29 is 9.84 Å². The second-order valence-electron chi connectivity index (χ2n) is 9.40. The standard InChI is InChI=1S/C29H37N3O2/c1-4-6-12-25(33)20-31(19-23-15-16-23)21-27-28(5-2)30-32(24-10-8-7-9-11-24)29(27)34-26-17-13-22(3)14-18-26/h4,7-11,13-14,17-18,23,25,33H,1,5-6,12,15-16,19-21H2,2-3H3. The fraction of sp³-hybridized carbons (Fsp3) is 0.414. The fourth-order valence-electron chi connectivity index (χ4n) is 4.28. The van der Waals surface area contributed by atoms with Crippen molar-refractivity contribution in [1.82, 2.24) is 14.7 Å². The molecule has 3 aromatic rings. The molecule has 1 atom stereocenters. The van der Waals surface area contributed by atoms with Crippen LogP contribution in [0.4, 0.5) is 0 Å². The van der Waals surface area contributed by atoms with Crippen LogP contribution in [0.15, 0.2) is 67.3 Å². The molecule has 0 radical (unpaired) electrons. The predicted octanol–water partition coefficient (Wildman–Crippen LogP) is 6.07. The van der Waals surface area contributed by atoms with Crippen LogP contribution in [0, 0.1) is 12.8 Å². The Hall–Kier alpha value is -2.89. The molecule has 1 fully saturated rings. The van der Waals surface area contributed by atoms with E-state index >= 15 is 0 Å². The van der Waals surface area contributed by atoms with Gasteiger partial charge in [-0.1, -0.05) is 48.9 Å². The molecule has 5 heteroatoms. The third-order valence-electron chi connectivity index (χ3n) is 6.36. The number of aliphatic hydroxyl groups excluding tert-OH is 1. The number of aromatic nitrogens is 2. The molecule has 2 aromatic carbocycles. The maximum atomic E-state index is 10.7. The SMILES string of the molecule is C=CCCC(O)CN(Cc1c(CC)nn(-c2ccccc2)c1Oc1ccc(C)cc1)CC1CC1. The van der Waals surface area contributed by atoms with Gasteiger partial charge in [0.05, 0.1) is 23.0 Å². The second-order valence-corrected chi connectivity index (χ2v) is 9.40. The van der Waals surface area contributed by atoms with Crippen molar-refractivity contribution in [3.05, 3.63) is 84.1 Å². The largest absolute Gasteiger partial charge is 0.439 e. The highest BCUT2D eigenvalue weighted by molar-refractivity contribution is 5.44. The molecule has 4 rings (SSSR count). The zero-order valence-corrected chi connectivity index (χ0v) is 20.5. The van der Waals surface area contributed by atoms with Crippen LogP contribution in [0.2, 0.25) is 0 Å². The average molecular weight is 460 g/mol. The average Bonchev–Trinajstić information content (AvgIpc) is 3.60. The number of hydrogen-bond donors (Lipinski definition) is 1. The van der Waals surface area contributed by atoms with Gasteiger partial charge < -0.3 is 9.84 Å². The van der Waals surface area contributed by atoms with Gasteiger partial charge in [-0.15, -0.1) is 6.58 Å². The normalized spacial score (nSPS) is 14.4. The summed E-state index contributed by atoms with van der Waals surface area (Å²) in [6, 6.07) is 18.3. The summed E-state index contributed by atoms with van der Waals surface area (Å²) < 4.78 is 8.45. The van der Waals surface area contributed by atoms with Gasteiger partial charge in [-0.2, -0.15) is 5.10 Å². The molecular formula is C29H37N3O2. The summed E-state index contributed by atoms with van der Waals surface area (Å²) in [6.07, 6.45) is 6.43.